The van der Waals surface area contributed by atoms with Gasteiger partial charge < -0.3 is 20.7 Å². The van der Waals surface area contributed by atoms with Crippen molar-refractivity contribution < 1.29 is 9.53 Å². The van der Waals surface area contributed by atoms with E-state index in [4.69, 9.17) is 4.74 Å². The molecule has 1 unspecified atom stereocenters. The van der Waals surface area contributed by atoms with E-state index in [-0.39, 0.29) is 6.04 Å². The quantitative estimate of drug-likeness (QED) is 0.464. The van der Waals surface area contributed by atoms with Crippen LogP contribution in [0.1, 0.15) is 63.4 Å². The molecule has 0 aliphatic heterocycles. The molecule has 0 radical (unpaired) electrons. The standard InChI is InChI=1S/C23H36N6O2/c1-16(2)17-8-10-18(11-9-17)20(28-22(30)31-23(3,4)5)15-26-21(24-6)25-14-19-12-13-27-29(19)7/h8-13,16,20H,14-15H2,1-7H3,(H,28,30)(H2,24,25,26). The molecule has 2 rings (SSSR count). The number of nitrogens with zero attached hydrogens (tertiary/aromatic N) is 3. The van der Waals surface area contributed by atoms with Gasteiger partial charge in [0.25, 0.3) is 0 Å². The molecule has 0 saturated heterocycles. The van der Waals surface area contributed by atoms with Crippen LogP contribution < -0.4 is 16.0 Å². The number of rotatable bonds is 7. The first kappa shape index (κ1) is 24.2. The summed E-state index contributed by atoms with van der Waals surface area (Å²) in [6.45, 7) is 10.9. The van der Waals surface area contributed by atoms with Crippen molar-refractivity contribution >= 4 is 12.1 Å². The fourth-order valence-electron chi connectivity index (χ4n) is 2.98. The van der Waals surface area contributed by atoms with Crippen molar-refractivity contribution in [2.75, 3.05) is 13.6 Å². The van der Waals surface area contributed by atoms with Crippen molar-refractivity contribution in [1.82, 2.24) is 25.7 Å². The van der Waals surface area contributed by atoms with Crippen LogP contribution in [-0.2, 0) is 18.3 Å². The zero-order valence-corrected chi connectivity index (χ0v) is 19.7. The lowest BCUT2D eigenvalue weighted by Gasteiger charge is -2.25. The van der Waals surface area contributed by atoms with Crippen LogP contribution in [0.3, 0.4) is 0 Å². The average Bonchev–Trinajstić information content (AvgIpc) is 3.10. The van der Waals surface area contributed by atoms with Gasteiger partial charge >= 0.3 is 6.09 Å². The van der Waals surface area contributed by atoms with Crippen LogP contribution in [0.5, 0.6) is 0 Å². The summed E-state index contributed by atoms with van der Waals surface area (Å²) in [4.78, 5) is 16.7. The number of aromatic nitrogens is 2. The molecule has 0 bridgehead atoms. The van der Waals surface area contributed by atoms with Crippen molar-refractivity contribution in [3.63, 3.8) is 0 Å². The van der Waals surface area contributed by atoms with Crippen molar-refractivity contribution in [2.24, 2.45) is 12.0 Å². The summed E-state index contributed by atoms with van der Waals surface area (Å²) in [5.74, 6) is 1.08. The predicted molar refractivity (Wildman–Crippen MR) is 124 cm³/mol. The Morgan fingerprint density at radius 2 is 1.77 bits per heavy atom. The third-order valence-electron chi connectivity index (χ3n) is 4.75. The van der Waals surface area contributed by atoms with Gasteiger partial charge in [-0.15, -0.1) is 0 Å². The second-order valence-electron chi connectivity index (χ2n) is 8.77. The number of benzene rings is 1. The molecule has 8 nitrogen and oxygen atoms in total. The molecule has 1 aromatic heterocycles. The first-order chi connectivity index (χ1) is 14.6. The molecule has 31 heavy (non-hydrogen) atoms. The number of hydrogen-bond donors (Lipinski definition) is 3. The number of carbonyl (C=O) groups excluding carboxylic acids is 1. The van der Waals surface area contributed by atoms with Crippen LogP contribution in [0.2, 0.25) is 0 Å². The van der Waals surface area contributed by atoms with Crippen LogP contribution in [0.15, 0.2) is 41.5 Å². The molecule has 0 saturated carbocycles. The smallest absolute Gasteiger partial charge is 0.408 e. The highest BCUT2D eigenvalue weighted by Gasteiger charge is 2.21. The zero-order valence-electron chi connectivity index (χ0n) is 19.7. The van der Waals surface area contributed by atoms with Gasteiger partial charge in [-0.3, -0.25) is 9.67 Å². The highest BCUT2D eigenvalue weighted by atomic mass is 16.6. The molecule has 170 valence electrons. The SMILES string of the molecule is CN=C(NCc1ccnn1C)NCC(NC(=O)OC(C)(C)C)c1ccc(C(C)C)cc1. The number of amides is 1. The maximum atomic E-state index is 12.4. The van der Waals surface area contributed by atoms with Gasteiger partial charge in [0.15, 0.2) is 5.96 Å². The van der Waals surface area contributed by atoms with E-state index < -0.39 is 11.7 Å². The molecule has 0 spiro atoms. The lowest BCUT2D eigenvalue weighted by Crippen LogP contribution is -2.44. The Kier molecular flexibility index (Phi) is 8.47. The van der Waals surface area contributed by atoms with Crippen molar-refractivity contribution in [2.45, 2.75) is 58.7 Å². The van der Waals surface area contributed by atoms with Crippen LogP contribution >= 0.6 is 0 Å². The summed E-state index contributed by atoms with van der Waals surface area (Å²) in [6, 6.07) is 9.95. The number of ether oxygens (including phenoxy) is 1. The van der Waals surface area contributed by atoms with E-state index in [9.17, 15) is 4.79 Å². The third-order valence-corrected chi connectivity index (χ3v) is 4.75. The van der Waals surface area contributed by atoms with Crippen LogP contribution in [0, 0.1) is 0 Å². The van der Waals surface area contributed by atoms with E-state index >= 15 is 0 Å². The molecule has 1 aromatic carbocycles. The second-order valence-corrected chi connectivity index (χ2v) is 8.77. The Balaban J connectivity index is 2.07. The van der Waals surface area contributed by atoms with E-state index in [1.165, 1.54) is 5.56 Å². The summed E-state index contributed by atoms with van der Waals surface area (Å²) >= 11 is 0. The highest BCUT2D eigenvalue weighted by molar-refractivity contribution is 5.79. The number of nitrogens with one attached hydrogen (secondary N) is 3. The first-order valence-electron chi connectivity index (χ1n) is 10.6. The molecule has 0 fully saturated rings. The van der Waals surface area contributed by atoms with E-state index in [0.29, 0.717) is 25.0 Å². The van der Waals surface area contributed by atoms with Gasteiger partial charge in [-0.2, -0.15) is 5.10 Å². The minimum Gasteiger partial charge on any atom is -0.444 e. The summed E-state index contributed by atoms with van der Waals surface area (Å²) < 4.78 is 7.27. The largest absolute Gasteiger partial charge is 0.444 e. The van der Waals surface area contributed by atoms with Gasteiger partial charge in [-0.05, 0) is 43.9 Å². The summed E-state index contributed by atoms with van der Waals surface area (Å²) in [6.07, 6.45) is 1.31. The van der Waals surface area contributed by atoms with Gasteiger partial charge in [-0.25, -0.2) is 4.79 Å². The maximum absolute atomic E-state index is 12.4. The van der Waals surface area contributed by atoms with E-state index in [2.05, 4.69) is 52.0 Å². The fourth-order valence-corrected chi connectivity index (χ4v) is 2.98. The lowest BCUT2D eigenvalue weighted by molar-refractivity contribution is 0.0504. The minimum atomic E-state index is -0.565. The predicted octanol–water partition coefficient (Wildman–Crippen LogP) is 3.47. The highest BCUT2D eigenvalue weighted by Crippen LogP contribution is 2.19. The topological polar surface area (TPSA) is 92.6 Å². The van der Waals surface area contributed by atoms with Crippen molar-refractivity contribution in [3.8, 4) is 0 Å². The van der Waals surface area contributed by atoms with Crippen molar-refractivity contribution in [3.05, 3.63) is 53.3 Å². The van der Waals surface area contributed by atoms with Gasteiger partial charge in [0, 0.05) is 26.8 Å². The average molecular weight is 429 g/mol. The molecule has 8 heteroatoms. The number of aryl methyl sites for hydroxylation is 1. The van der Waals surface area contributed by atoms with Crippen molar-refractivity contribution in [1.29, 1.82) is 0 Å². The lowest BCUT2D eigenvalue weighted by atomic mass is 9.99. The van der Waals surface area contributed by atoms with Crippen LogP contribution in [0.25, 0.3) is 0 Å². The molecule has 0 aliphatic rings. The molecule has 1 atom stereocenters. The number of alkyl carbamates (subject to hydrolysis) is 1. The van der Waals surface area contributed by atoms with E-state index in [1.54, 1.807) is 13.2 Å². The fraction of sp³-hybridized carbons (Fsp3) is 0.522. The monoisotopic (exact) mass is 428 g/mol. The van der Waals surface area contributed by atoms with Gasteiger partial charge in [0.05, 0.1) is 18.3 Å². The Bertz CT molecular complexity index is 865. The van der Waals surface area contributed by atoms with Crippen LogP contribution in [0.4, 0.5) is 4.79 Å². The van der Waals surface area contributed by atoms with E-state index in [1.807, 2.05) is 50.7 Å². The Morgan fingerprint density at radius 3 is 2.29 bits per heavy atom. The number of carbonyl (C=O) groups is 1. The first-order valence-corrected chi connectivity index (χ1v) is 10.6. The molecule has 2 aromatic rings. The second kappa shape index (κ2) is 10.8. The zero-order chi connectivity index (χ0) is 23.0. The Morgan fingerprint density at radius 1 is 1.13 bits per heavy atom. The van der Waals surface area contributed by atoms with Crippen LogP contribution in [-0.4, -0.2) is 41.0 Å². The molecule has 3 N–H and O–H groups in total. The summed E-state index contributed by atoms with van der Waals surface area (Å²) in [5, 5.41) is 13.7. The number of hydrogen-bond acceptors (Lipinski definition) is 4. The van der Waals surface area contributed by atoms with Gasteiger partial charge in [0.1, 0.15) is 5.60 Å². The third kappa shape index (κ3) is 7.96. The Hall–Kier alpha value is -3.03. The molecule has 0 aliphatic carbocycles. The normalized spacial score (nSPS) is 13.1. The molecule has 1 amide bonds. The van der Waals surface area contributed by atoms with Gasteiger partial charge in [-0.1, -0.05) is 38.1 Å². The minimum absolute atomic E-state index is 0.286. The van der Waals surface area contributed by atoms with E-state index in [0.717, 1.165) is 11.3 Å². The van der Waals surface area contributed by atoms with Gasteiger partial charge in [0.2, 0.25) is 0 Å². The molecule has 1 heterocycles. The summed E-state index contributed by atoms with van der Waals surface area (Å²) in [5.41, 5.74) is 2.71. The maximum Gasteiger partial charge on any atom is 0.408 e. The number of aliphatic imine (C=N–C) groups is 1. The number of guanidine groups is 1. The summed E-state index contributed by atoms with van der Waals surface area (Å²) in [7, 11) is 3.61. The molecular formula is C23H36N6O2. The molecular weight excluding hydrogens is 392 g/mol. The Labute approximate surface area is 185 Å².